The van der Waals surface area contributed by atoms with Crippen LogP contribution in [0.1, 0.15) is 39.5 Å². The Morgan fingerprint density at radius 3 is 2.85 bits per heavy atom. The summed E-state index contributed by atoms with van der Waals surface area (Å²) < 4.78 is 0. The molecule has 0 radical (unpaired) electrons. The van der Waals surface area contributed by atoms with Gasteiger partial charge in [-0.05, 0) is 48.3 Å². The van der Waals surface area contributed by atoms with E-state index in [-0.39, 0.29) is 0 Å². The number of hydrogen-bond acceptors (Lipinski definition) is 0. The quantitative estimate of drug-likeness (QED) is 0.494. The molecule has 0 unspecified atom stereocenters. The molecule has 3 aliphatic rings. The Morgan fingerprint density at radius 1 is 1.15 bits per heavy atom. The summed E-state index contributed by atoms with van der Waals surface area (Å²) in [7, 11) is 0. The molecule has 0 aromatic heterocycles. The summed E-state index contributed by atoms with van der Waals surface area (Å²) in [6.45, 7) is 5.02. The highest BCUT2D eigenvalue weighted by atomic mass is 14.6. The molecular formula is C13H20. The van der Waals surface area contributed by atoms with Crippen LogP contribution in [0.5, 0.6) is 0 Å². The maximum atomic E-state index is 2.52. The van der Waals surface area contributed by atoms with E-state index in [0.717, 1.165) is 23.7 Å². The highest BCUT2D eigenvalue weighted by molar-refractivity contribution is 5.16. The van der Waals surface area contributed by atoms with Crippen molar-refractivity contribution in [2.75, 3.05) is 0 Å². The highest BCUT2D eigenvalue weighted by Gasteiger charge is 2.55. The van der Waals surface area contributed by atoms with E-state index in [1.807, 2.05) is 0 Å². The molecule has 72 valence electrons. The van der Waals surface area contributed by atoms with Crippen molar-refractivity contribution in [2.24, 2.45) is 29.1 Å². The van der Waals surface area contributed by atoms with Crippen LogP contribution in [0, 0.1) is 29.1 Å². The van der Waals surface area contributed by atoms with Gasteiger partial charge in [-0.3, -0.25) is 0 Å². The third-order valence-electron chi connectivity index (χ3n) is 5.15. The van der Waals surface area contributed by atoms with E-state index in [1.54, 1.807) is 0 Å². The molecule has 0 aliphatic heterocycles. The second kappa shape index (κ2) is 2.40. The number of hydrogen-bond donors (Lipinski definition) is 0. The molecule has 0 nitrogen and oxygen atoms in total. The van der Waals surface area contributed by atoms with E-state index in [1.165, 1.54) is 25.7 Å². The Bertz CT molecular complexity index is 249. The molecule has 4 atom stereocenters. The molecule has 2 fully saturated rings. The first-order chi connectivity index (χ1) is 6.21. The lowest BCUT2D eigenvalue weighted by Crippen LogP contribution is -2.24. The molecule has 3 rings (SSSR count). The Balaban J connectivity index is 2.00. The Kier molecular flexibility index (Phi) is 1.49. The van der Waals surface area contributed by atoms with Crippen LogP contribution in [0.2, 0.25) is 0 Å². The van der Waals surface area contributed by atoms with Crippen molar-refractivity contribution in [3.63, 3.8) is 0 Å². The maximum absolute atomic E-state index is 2.52. The first-order valence-corrected chi connectivity index (χ1v) is 5.88. The average molecular weight is 176 g/mol. The SMILES string of the molecule is CC1(C)[C@H]2C=CC[C@H]2[C@@H]2CCC[C@@H]21. The average Bonchev–Trinajstić information content (AvgIpc) is 2.74. The molecule has 3 aliphatic carbocycles. The van der Waals surface area contributed by atoms with Gasteiger partial charge in [-0.1, -0.05) is 32.4 Å². The molecule has 0 bridgehead atoms. The zero-order valence-corrected chi connectivity index (χ0v) is 8.79. The van der Waals surface area contributed by atoms with E-state index in [4.69, 9.17) is 0 Å². The van der Waals surface area contributed by atoms with E-state index >= 15 is 0 Å². The minimum atomic E-state index is 0.610. The normalized spacial score (nSPS) is 50.9. The molecule has 13 heavy (non-hydrogen) atoms. The molecule has 0 spiro atoms. The van der Waals surface area contributed by atoms with Gasteiger partial charge in [0.15, 0.2) is 0 Å². The minimum Gasteiger partial charge on any atom is -0.0879 e. The molecule has 0 amide bonds. The molecule has 0 aromatic carbocycles. The van der Waals surface area contributed by atoms with Gasteiger partial charge in [0.1, 0.15) is 0 Å². The minimum absolute atomic E-state index is 0.610. The van der Waals surface area contributed by atoms with E-state index in [9.17, 15) is 0 Å². The molecule has 2 saturated carbocycles. The Morgan fingerprint density at radius 2 is 2.00 bits per heavy atom. The molecule has 0 heteroatoms. The first-order valence-electron chi connectivity index (χ1n) is 5.88. The summed E-state index contributed by atoms with van der Waals surface area (Å²) in [5.74, 6) is 4.08. The van der Waals surface area contributed by atoms with Crippen LogP contribution in [-0.4, -0.2) is 0 Å². The first kappa shape index (κ1) is 8.08. The molecule has 0 heterocycles. The van der Waals surface area contributed by atoms with Crippen molar-refractivity contribution in [3.05, 3.63) is 12.2 Å². The van der Waals surface area contributed by atoms with Crippen molar-refractivity contribution in [1.82, 2.24) is 0 Å². The zero-order chi connectivity index (χ0) is 9.05. The van der Waals surface area contributed by atoms with E-state index in [0.29, 0.717) is 5.41 Å². The number of rotatable bonds is 0. The van der Waals surface area contributed by atoms with Crippen LogP contribution < -0.4 is 0 Å². The summed E-state index contributed by atoms with van der Waals surface area (Å²) >= 11 is 0. The van der Waals surface area contributed by atoms with Crippen LogP contribution in [0.15, 0.2) is 12.2 Å². The Hall–Kier alpha value is -0.260. The van der Waals surface area contributed by atoms with Gasteiger partial charge in [0.05, 0.1) is 0 Å². The molecular weight excluding hydrogens is 156 g/mol. The zero-order valence-electron chi connectivity index (χ0n) is 8.79. The second-order valence-electron chi connectivity index (χ2n) is 5.88. The summed E-state index contributed by atoms with van der Waals surface area (Å²) in [6.07, 6.45) is 10.9. The summed E-state index contributed by atoms with van der Waals surface area (Å²) in [6, 6.07) is 0. The maximum Gasteiger partial charge on any atom is -0.0145 e. The summed E-state index contributed by atoms with van der Waals surface area (Å²) in [4.78, 5) is 0. The monoisotopic (exact) mass is 176 g/mol. The second-order valence-corrected chi connectivity index (χ2v) is 5.88. The lowest BCUT2D eigenvalue weighted by atomic mass is 9.74. The van der Waals surface area contributed by atoms with Gasteiger partial charge in [-0.2, -0.15) is 0 Å². The number of fused-ring (bicyclic) bond motifs is 3. The summed E-state index contributed by atoms with van der Waals surface area (Å²) in [5.41, 5.74) is 0.610. The predicted molar refractivity (Wildman–Crippen MR) is 55.3 cm³/mol. The fourth-order valence-corrected chi connectivity index (χ4v) is 4.58. The fourth-order valence-electron chi connectivity index (χ4n) is 4.58. The smallest absolute Gasteiger partial charge is 0.0145 e. The van der Waals surface area contributed by atoms with Crippen LogP contribution in [0.4, 0.5) is 0 Å². The van der Waals surface area contributed by atoms with Gasteiger partial charge < -0.3 is 0 Å². The third-order valence-corrected chi connectivity index (χ3v) is 5.15. The van der Waals surface area contributed by atoms with Crippen LogP contribution >= 0.6 is 0 Å². The largest absolute Gasteiger partial charge is 0.0879 e. The van der Waals surface area contributed by atoms with Crippen LogP contribution in [0.25, 0.3) is 0 Å². The van der Waals surface area contributed by atoms with Crippen molar-refractivity contribution in [2.45, 2.75) is 39.5 Å². The summed E-state index contributed by atoms with van der Waals surface area (Å²) in [5, 5.41) is 0. The molecule has 0 aromatic rings. The molecule has 0 saturated heterocycles. The van der Waals surface area contributed by atoms with Gasteiger partial charge in [0.2, 0.25) is 0 Å². The lowest BCUT2D eigenvalue weighted by molar-refractivity contribution is 0.203. The van der Waals surface area contributed by atoms with Crippen molar-refractivity contribution < 1.29 is 0 Å². The Labute approximate surface area is 81.4 Å². The van der Waals surface area contributed by atoms with Crippen molar-refractivity contribution in [3.8, 4) is 0 Å². The predicted octanol–water partition coefficient (Wildman–Crippen LogP) is 3.63. The third kappa shape index (κ3) is 0.872. The van der Waals surface area contributed by atoms with Gasteiger partial charge in [-0.15, -0.1) is 0 Å². The van der Waals surface area contributed by atoms with Crippen molar-refractivity contribution in [1.29, 1.82) is 0 Å². The van der Waals surface area contributed by atoms with Gasteiger partial charge in [0.25, 0.3) is 0 Å². The van der Waals surface area contributed by atoms with E-state index in [2.05, 4.69) is 26.0 Å². The van der Waals surface area contributed by atoms with Gasteiger partial charge in [0, 0.05) is 0 Å². The van der Waals surface area contributed by atoms with E-state index < -0.39 is 0 Å². The highest BCUT2D eigenvalue weighted by Crippen LogP contribution is 2.63. The van der Waals surface area contributed by atoms with Gasteiger partial charge in [-0.25, -0.2) is 0 Å². The number of allylic oxidation sites excluding steroid dienone is 2. The fraction of sp³-hybridized carbons (Fsp3) is 0.846. The van der Waals surface area contributed by atoms with Crippen LogP contribution in [-0.2, 0) is 0 Å². The van der Waals surface area contributed by atoms with Crippen molar-refractivity contribution >= 4 is 0 Å². The molecule has 0 N–H and O–H groups in total. The lowest BCUT2D eigenvalue weighted by Gasteiger charge is -2.30. The standard InChI is InChI=1S/C13H20/c1-13(2)11-7-3-5-9(11)10-6-4-8-12(10)13/h3,7,9-12H,4-6,8H2,1-2H3/t9-,10-,11-,12-/m0/s1. The van der Waals surface area contributed by atoms with Gasteiger partial charge >= 0.3 is 0 Å². The van der Waals surface area contributed by atoms with Crippen LogP contribution in [0.3, 0.4) is 0 Å². The topological polar surface area (TPSA) is 0 Å².